The first kappa shape index (κ1) is 18.7. The van der Waals surface area contributed by atoms with Crippen molar-refractivity contribution in [3.8, 4) is 0 Å². The highest BCUT2D eigenvalue weighted by molar-refractivity contribution is 7.19. The van der Waals surface area contributed by atoms with Crippen LogP contribution in [0.1, 0.15) is 23.2 Å². The Kier molecular flexibility index (Phi) is 5.19. The Morgan fingerprint density at radius 3 is 2.77 bits per heavy atom. The molecule has 5 nitrogen and oxygen atoms in total. The van der Waals surface area contributed by atoms with E-state index in [0.29, 0.717) is 29.8 Å². The zero-order valence-electron chi connectivity index (χ0n) is 14.4. The number of nitrogens with two attached hydrogens (primary N) is 1. The van der Waals surface area contributed by atoms with Crippen molar-refractivity contribution >= 4 is 27.4 Å². The standard InChI is InChI=1S/C17H19F3N4OS/c1-9(21)6-12-10(2)13-14(26-12)15(24-16(23-13)17(18,19)20)22-7-11-4-3-5-25-8-11/h3-5,9H,6-8,21H2,1-2H3,(H,22,23,24)/t9-/m0/s1. The third-order valence-electron chi connectivity index (χ3n) is 3.88. The van der Waals surface area contributed by atoms with Crippen molar-refractivity contribution in [1.29, 1.82) is 0 Å². The van der Waals surface area contributed by atoms with Crippen LogP contribution in [-0.4, -0.2) is 29.2 Å². The number of hydrogen-bond donors (Lipinski definition) is 2. The van der Waals surface area contributed by atoms with Crippen molar-refractivity contribution in [2.75, 3.05) is 18.5 Å². The van der Waals surface area contributed by atoms with Gasteiger partial charge in [0, 0.05) is 17.5 Å². The average molecular weight is 384 g/mol. The van der Waals surface area contributed by atoms with Gasteiger partial charge in [-0.2, -0.15) is 13.2 Å². The zero-order chi connectivity index (χ0) is 18.9. The Bertz CT molecular complexity index is 871. The fraction of sp³-hybridized carbons (Fsp3) is 0.412. The molecule has 140 valence electrons. The first-order valence-corrected chi connectivity index (χ1v) is 8.90. The van der Waals surface area contributed by atoms with Gasteiger partial charge in [0.25, 0.3) is 0 Å². The maximum atomic E-state index is 13.2. The van der Waals surface area contributed by atoms with E-state index in [-0.39, 0.29) is 11.9 Å². The summed E-state index contributed by atoms with van der Waals surface area (Å²) in [6, 6.07) is -0.0930. The van der Waals surface area contributed by atoms with E-state index in [9.17, 15) is 13.2 Å². The zero-order valence-corrected chi connectivity index (χ0v) is 15.2. The molecule has 2 aromatic rings. The summed E-state index contributed by atoms with van der Waals surface area (Å²) in [6.07, 6.45) is 1.14. The Morgan fingerprint density at radius 2 is 2.15 bits per heavy atom. The first-order valence-electron chi connectivity index (χ1n) is 8.08. The Balaban J connectivity index is 2.03. The number of anilines is 1. The van der Waals surface area contributed by atoms with E-state index in [0.717, 1.165) is 16.0 Å². The van der Waals surface area contributed by atoms with Gasteiger partial charge in [-0.3, -0.25) is 0 Å². The SMILES string of the molecule is Cc1c(C[C@H](C)N)sc2c(NCC3=CC=COC3)nc(C(F)(F)F)nc12. The van der Waals surface area contributed by atoms with Gasteiger partial charge in [0.1, 0.15) is 12.4 Å². The van der Waals surface area contributed by atoms with Gasteiger partial charge in [0.2, 0.25) is 5.82 Å². The number of fused-ring (bicyclic) bond motifs is 1. The molecule has 0 aliphatic carbocycles. The molecule has 1 atom stereocenters. The minimum atomic E-state index is -4.61. The molecule has 0 spiro atoms. The first-order chi connectivity index (χ1) is 12.3. The fourth-order valence-electron chi connectivity index (χ4n) is 2.61. The second kappa shape index (κ2) is 7.24. The molecule has 0 saturated heterocycles. The van der Waals surface area contributed by atoms with Crippen molar-refractivity contribution in [2.24, 2.45) is 5.73 Å². The molecule has 3 rings (SSSR count). The van der Waals surface area contributed by atoms with Gasteiger partial charge in [-0.15, -0.1) is 11.3 Å². The predicted octanol–water partition coefficient (Wildman–Crippen LogP) is 3.79. The number of alkyl halides is 3. The molecule has 3 N–H and O–H groups in total. The van der Waals surface area contributed by atoms with E-state index in [2.05, 4.69) is 15.3 Å². The quantitative estimate of drug-likeness (QED) is 0.821. The number of ether oxygens (including phenoxy) is 1. The summed E-state index contributed by atoms with van der Waals surface area (Å²) < 4.78 is 45.5. The molecule has 1 aliphatic heterocycles. The van der Waals surface area contributed by atoms with Gasteiger partial charge in [0.15, 0.2) is 0 Å². The van der Waals surface area contributed by atoms with Crippen LogP contribution in [0.15, 0.2) is 24.0 Å². The number of nitrogens with zero attached hydrogens (tertiary/aromatic N) is 2. The fourth-order valence-corrected chi connectivity index (χ4v) is 3.96. The van der Waals surface area contributed by atoms with E-state index < -0.39 is 12.0 Å². The number of aryl methyl sites for hydroxylation is 1. The highest BCUT2D eigenvalue weighted by Gasteiger charge is 2.36. The molecule has 3 heterocycles. The van der Waals surface area contributed by atoms with Gasteiger partial charge < -0.3 is 15.8 Å². The second-order valence-corrected chi connectivity index (χ2v) is 7.33. The van der Waals surface area contributed by atoms with Crippen LogP contribution >= 0.6 is 11.3 Å². The van der Waals surface area contributed by atoms with E-state index in [4.69, 9.17) is 10.5 Å². The monoisotopic (exact) mass is 384 g/mol. The van der Waals surface area contributed by atoms with Gasteiger partial charge in [-0.05, 0) is 37.5 Å². The Labute approximate surface area is 152 Å². The van der Waals surface area contributed by atoms with Crippen LogP contribution in [-0.2, 0) is 17.3 Å². The third kappa shape index (κ3) is 3.99. The maximum absolute atomic E-state index is 13.2. The van der Waals surface area contributed by atoms with Crippen LogP contribution in [0.25, 0.3) is 10.2 Å². The summed E-state index contributed by atoms with van der Waals surface area (Å²) in [5.41, 5.74) is 7.82. The number of halogens is 3. The van der Waals surface area contributed by atoms with Gasteiger partial charge in [0.05, 0.1) is 16.5 Å². The number of allylic oxidation sites excluding steroid dienone is 2. The lowest BCUT2D eigenvalue weighted by molar-refractivity contribution is -0.144. The van der Waals surface area contributed by atoms with Crippen molar-refractivity contribution in [3.63, 3.8) is 0 Å². The Hall–Kier alpha value is -2.13. The van der Waals surface area contributed by atoms with Crippen LogP contribution < -0.4 is 11.1 Å². The van der Waals surface area contributed by atoms with Gasteiger partial charge in [-0.1, -0.05) is 6.08 Å². The minimum absolute atomic E-state index is 0.0930. The maximum Gasteiger partial charge on any atom is 0.451 e. The largest absolute Gasteiger partial charge is 0.497 e. The van der Waals surface area contributed by atoms with Crippen molar-refractivity contribution in [3.05, 3.63) is 40.3 Å². The van der Waals surface area contributed by atoms with Crippen LogP contribution in [0.5, 0.6) is 0 Å². The number of thiophene rings is 1. The van der Waals surface area contributed by atoms with Crippen LogP contribution in [0.4, 0.5) is 19.0 Å². The smallest absolute Gasteiger partial charge is 0.451 e. The van der Waals surface area contributed by atoms with Crippen LogP contribution in [0.3, 0.4) is 0 Å². The molecule has 0 bridgehead atoms. The third-order valence-corrected chi connectivity index (χ3v) is 5.19. The van der Waals surface area contributed by atoms with Crippen molar-refractivity contribution in [1.82, 2.24) is 9.97 Å². The highest BCUT2D eigenvalue weighted by Crippen LogP contribution is 2.37. The summed E-state index contributed by atoms with van der Waals surface area (Å²) in [5, 5.41) is 3.01. The molecule has 1 aliphatic rings. The van der Waals surface area contributed by atoms with E-state index in [1.807, 2.05) is 13.0 Å². The predicted molar refractivity (Wildman–Crippen MR) is 96.2 cm³/mol. The van der Waals surface area contributed by atoms with E-state index in [1.165, 1.54) is 11.3 Å². The Morgan fingerprint density at radius 1 is 1.38 bits per heavy atom. The number of hydrogen-bond acceptors (Lipinski definition) is 6. The van der Waals surface area contributed by atoms with Crippen LogP contribution in [0, 0.1) is 6.92 Å². The molecule has 0 radical (unpaired) electrons. The number of nitrogens with one attached hydrogen (secondary N) is 1. The minimum Gasteiger partial charge on any atom is -0.497 e. The lowest BCUT2D eigenvalue weighted by Crippen LogP contribution is -2.17. The molecule has 0 saturated carbocycles. The molecule has 0 fully saturated rings. The summed E-state index contributed by atoms with van der Waals surface area (Å²) in [5.74, 6) is -0.962. The average Bonchev–Trinajstić information content (AvgIpc) is 2.88. The lowest BCUT2D eigenvalue weighted by atomic mass is 10.1. The van der Waals surface area contributed by atoms with Gasteiger partial charge in [-0.25, -0.2) is 9.97 Å². The lowest BCUT2D eigenvalue weighted by Gasteiger charge is -2.13. The summed E-state index contributed by atoms with van der Waals surface area (Å²) in [6.45, 7) is 4.37. The van der Waals surface area contributed by atoms with E-state index in [1.54, 1.807) is 19.3 Å². The molecule has 0 amide bonds. The summed E-state index contributed by atoms with van der Waals surface area (Å²) in [4.78, 5) is 8.43. The van der Waals surface area contributed by atoms with Crippen LogP contribution in [0.2, 0.25) is 0 Å². The molecular formula is C17H19F3N4OS. The molecule has 2 aromatic heterocycles. The van der Waals surface area contributed by atoms with E-state index >= 15 is 0 Å². The highest BCUT2D eigenvalue weighted by atomic mass is 32.1. The second-order valence-electron chi connectivity index (χ2n) is 6.22. The number of rotatable bonds is 5. The molecular weight excluding hydrogens is 365 g/mol. The van der Waals surface area contributed by atoms with Crippen molar-refractivity contribution < 1.29 is 17.9 Å². The van der Waals surface area contributed by atoms with Gasteiger partial charge >= 0.3 is 6.18 Å². The summed E-state index contributed by atoms with van der Waals surface area (Å²) in [7, 11) is 0. The van der Waals surface area contributed by atoms with Crippen molar-refractivity contribution in [2.45, 2.75) is 32.5 Å². The molecule has 9 heteroatoms. The number of aromatic nitrogens is 2. The normalized spacial score (nSPS) is 15.7. The summed E-state index contributed by atoms with van der Waals surface area (Å²) >= 11 is 1.39. The molecule has 0 aromatic carbocycles. The molecule has 0 unspecified atom stereocenters. The molecule has 26 heavy (non-hydrogen) atoms. The topological polar surface area (TPSA) is 73.1 Å².